The van der Waals surface area contributed by atoms with E-state index in [4.69, 9.17) is 0 Å². The zero-order valence-corrected chi connectivity index (χ0v) is 14.0. The van der Waals surface area contributed by atoms with Crippen molar-refractivity contribution in [3.8, 4) is 0 Å². The van der Waals surface area contributed by atoms with Crippen LogP contribution in [0.1, 0.15) is 41.5 Å². The van der Waals surface area contributed by atoms with Gasteiger partial charge in [0.25, 0.3) is 11.8 Å². The number of benzene rings is 1. The van der Waals surface area contributed by atoms with Crippen LogP contribution >= 0.6 is 0 Å². The third-order valence-electron chi connectivity index (χ3n) is 3.94. The van der Waals surface area contributed by atoms with Crippen LogP contribution in [0.5, 0.6) is 0 Å². The summed E-state index contributed by atoms with van der Waals surface area (Å²) in [5.74, 6) is -0.722. The minimum Gasteiger partial charge on any atom is -0.333 e. The highest BCUT2D eigenvalue weighted by atomic mass is 16.2. The quantitative estimate of drug-likeness (QED) is 0.626. The van der Waals surface area contributed by atoms with Crippen molar-refractivity contribution in [1.82, 2.24) is 15.5 Å². The summed E-state index contributed by atoms with van der Waals surface area (Å²) in [5, 5.41) is 5.12. The second-order valence-corrected chi connectivity index (χ2v) is 6.71. The molecule has 1 aliphatic rings. The first-order chi connectivity index (χ1) is 11.3. The molecule has 2 N–H and O–H groups in total. The SMILES string of the molecule is CC(C)(C)C(CN1C(=O)c2ccccc2C1=O)NC(=O)NCC=O. The molecule has 0 fully saturated rings. The van der Waals surface area contributed by atoms with Crippen LogP contribution in [0, 0.1) is 5.41 Å². The Bertz CT molecular complexity index is 644. The van der Waals surface area contributed by atoms with Crippen molar-refractivity contribution in [2.45, 2.75) is 26.8 Å². The molecule has 24 heavy (non-hydrogen) atoms. The molecule has 7 nitrogen and oxygen atoms in total. The molecule has 0 spiro atoms. The van der Waals surface area contributed by atoms with Gasteiger partial charge in [0.05, 0.1) is 30.3 Å². The number of aldehydes is 1. The first-order valence-corrected chi connectivity index (χ1v) is 7.69. The number of carbonyl (C=O) groups is 4. The van der Waals surface area contributed by atoms with Gasteiger partial charge >= 0.3 is 6.03 Å². The smallest absolute Gasteiger partial charge is 0.315 e. The van der Waals surface area contributed by atoms with Gasteiger partial charge in [0.1, 0.15) is 6.29 Å². The third-order valence-corrected chi connectivity index (χ3v) is 3.94. The summed E-state index contributed by atoms with van der Waals surface area (Å²) in [6.07, 6.45) is 0.579. The second-order valence-electron chi connectivity index (χ2n) is 6.71. The summed E-state index contributed by atoms with van der Waals surface area (Å²) in [7, 11) is 0. The largest absolute Gasteiger partial charge is 0.333 e. The Morgan fingerprint density at radius 2 is 1.71 bits per heavy atom. The van der Waals surface area contributed by atoms with Gasteiger partial charge in [-0.15, -0.1) is 0 Å². The Labute approximate surface area is 140 Å². The lowest BCUT2D eigenvalue weighted by atomic mass is 9.86. The monoisotopic (exact) mass is 331 g/mol. The van der Waals surface area contributed by atoms with Crippen molar-refractivity contribution < 1.29 is 19.2 Å². The van der Waals surface area contributed by atoms with Crippen molar-refractivity contribution in [2.75, 3.05) is 13.1 Å². The molecule has 1 aliphatic heterocycles. The molecule has 1 atom stereocenters. The number of nitrogens with one attached hydrogen (secondary N) is 2. The highest BCUT2D eigenvalue weighted by Crippen LogP contribution is 2.26. The molecule has 1 aromatic rings. The lowest BCUT2D eigenvalue weighted by Gasteiger charge is -2.33. The molecule has 128 valence electrons. The van der Waals surface area contributed by atoms with Gasteiger partial charge in [0.2, 0.25) is 0 Å². The molecule has 0 saturated heterocycles. The van der Waals surface area contributed by atoms with E-state index in [1.165, 1.54) is 0 Å². The van der Waals surface area contributed by atoms with Gasteiger partial charge in [-0.3, -0.25) is 14.5 Å². The van der Waals surface area contributed by atoms with E-state index in [1.54, 1.807) is 24.3 Å². The Hall–Kier alpha value is -2.70. The lowest BCUT2D eigenvalue weighted by Crippen LogP contribution is -2.54. The van der Waals surface area contributed by atoms with E-state index in [0.29, 0.717) is 17.4 Å². The minimum atomic E-state index is -0.515. The van der Waals surface area contributed by atoms with Gasteiger partial charge in [-0.05, 0) is 17.5 Å². The van der Waals surface area contributed by atoms with E-state index >= 15 is 0 Å². The van der Waals surface area contributed by atoms with Gasteiger partial charge in [-0.1, -0.05) is 32.9 Å². The maximum atomic E-state index is 12.5. The number of hydrogen-bond acceptors (Lipinski definition) is 4. The average Bonchev–Trinajstić information content (AvgIpc) is 2.76. The molecule has 1 heterocycles. The Morgan fingerprint density at radius 1 is 1.17 bits per heavy atom. The van der Waals surface area contributed by atoms with Gasteiger partial charge in [0, 0.05) is 0 Å². The Morgan fingerprint density at radius 3 is 2.17 bits per heavy atom. The van der Waals surface area contributed by atoms with Gasteiger partial charge in [-0.2, -0.15) is 0 Å². The summed E-state index contributed by atoms with van der Waals surface area (Å²) in [4.78, 5) is 48.3. The normalized spacial score (nSPS) is 15.0. The van der Waals surface area contributed by atoms with Gasteiger partial charge < -0.3 is 15.4 Å². The predicted octanol–water partition coefficient (Wildman–Crippen LogP) is 1.20. The molecule has 0 saturated carbocycles. The molecular weight excluding hydrogens is 310 g/mol. The fourth-order valence-electron chi connectivity index (χ4n) is 2.47. The number of amides is 4. The molecule has 0 aliphatic carbocycles. The van der Waals surface area contributed by atoms with Crippen molar-refractivity contribution in [2.24, 2.45) is 5.41 Å². The van der Waals surface area contributed by atoms with E-state index in [0.717, 1.165) is 4.90 Å². The highest BCUT2D eigenvalue weighted by Gasteiger charge is 2.39. The number of nitrogens with zero attached hydrogens (tertiary/aromatic N) is 1. The van der Waals surface area contributed by atoms with Crippen LogP contribution in [-0.2, 0) is 4.79 Å². The molecular formula is C17H21N3O4. The Balaban J connectivity index is 2.16. The summed E-state index contributed by atoms with van der Waals surface area (Å²) in [5.41, 5.74) is 0.356. The van der Waals surface area contributed by atoms with E-state index in [2.05, 4.69) is 10.6 Å². The topological polar surface area (TPSA) is 95.6 Å². The summed E-state index contributed by atoms with van der Waals surface area (Å²) < 4.78 is 0. The molecule has 1 unspecified atom stereocenters. The minimum absolute atomic E-state index is 0.0599. The van der Waals surface area contributed by atoms with Crippen molar-refractivity contribution in [3.05, 3.63) is 35.4 Å². The number of carbonyl (C=O) groups excluding carboxylic acids is 4. The fraction of sp³-hybridized carbons (Fsp3) is 0.412. The number of imide groups is 1. The first-order valence-electron chi connectivity index (χ1n) is 7.69. The molecule has 7 heteroatoms. The zero-order valence-electron chi connectivity index (χ0n) is 14.0. The van der Waals surface area contributed by atoms with E-state index in [1.807, 2.05) is 20.8 Å². The van der Waals surface area contributed by atoms with Crippen LogP contribution in [0.25, 0.3) is 0 Å². The zero-order chi connectivity index (χ0) is 17.9. The van der Waals surface area contributed by atoms with Crippen molar-refractivity contribution in [1.29, 1.82) is 0 Å². The lowest BCUT2D eigenvalue weighted by molar-refractivity contribution is -0.107. The molecule has 1 aromatic carbocycles. The van der Waals surface area contributed by atoms with Crippen molar-refractivity contribution >= 4 is 24.1 Å². The van der Waals surface area contributed by atoms with Gasteiger partial charge in [0.15, 0.2) is 0 Å². The fourth-order valence-corrected chi connectivity index (χ4v) is 2.47. The van der Waals surface area contributed by atoms with Crippen molar-refractivity contribution in [3.63, 3.8) is 0 Å². The predicted molar refractivity (Wildman–Crippen MR) is 87.7 cm³/mol. The molecule has 0 aromatic heterocycles. The number of rotatable bonds is 5. The maximum Gasteiger partial charge on any atom is 0.315 e. The standard InChI is InChI=1S/C17H21N3O4/c1-17(2,3)13(19-16(24)18-8-9-21)10-20-14(22)11-6-4-5-7-12(11)15(20)23/h4-7,9,13H,8,10H2,1-3H3,(H2,18,19,24). The van der Waals surface area contributed by atoms with Crippen LogP contribution in [-0.4, -0.2) is 48.2 Å². The number of urea groups is 1. The second kappa shape index (κ2) is 6.82. The van der Waals surface area contributed by atoms with E-state index in [9.17, 15) is 19.2 Å². The molecule has 4 amide bonds. The van der Waals surface area contributed by atoms with Crippen LogP contribution in [0.3, 0.4) is 0 Å². The third kappa shape index (κ3) is 3.61. The molecule has 0 radical (unpaired) electrons. The van der Waals surface area contributed by atoms with Crippen LogP contribution in [0.4, 0.5) is 4.79 Å². The van der Waals surface area contributed by atoms with Crippen LogP contribution < -0.4 is 10.6 Å². The van der Waals surface area contributed by atoms with E-state index < -0.39 is 17.5 Å². The molecule has 0 bridgehead atoms. The number of hydrogen-bond donors (Lipinski definition) is 2. The first kappa shape index (κ1) is 17.7. The summed E-state index contributed by atoms with van der Waals surface area (Å²) >= 11 is 0. The number of fused-ring (bicyclic) bond motifs is 1. The maximum absolute atomic E-state index is 12.5. The van der Waals surface area contributed by atoms with Crippen LogP contribution in [0.15, 0.2) is 24.3 Å². The highest BCUT2D eigenvalue weighted by molar-refractivity contribution is 6.21. The van der Waals surface area contributed by atoms with Crippen LogP contribution in [0.2, 0.25) is 0 Å². The molecule has 2 rings (SSSR count). The average molecular weight is 331 g/mol. The van der Waals surface area contributed by atoms with E-state index in [-0.39, 0.29) is 24.9 Å². The Kier molecular flexibility index (Phi) is 5.02. The summed E-state index contributed by atoms with van der Waals surface area (Å²) in [6, 6.07) is 5.67. The van der Waals surface area contributed by atoms with Gasteiger partial charge in [-0.25, -0.2) is 4.79 Å². The summed E-state index contributed by atoms with van der Waals surface area (Å²) in [6.45, 7) is 5.65.